The first-order valence-electron chi connectivity index (χ1n) is 39.3. The van der Waals surface area contributed by atoms with Crippen LogP contribution in [0.15, 0.2) is 242 Å². The number of nitrogens with zero attached hydrogens (tertiary/aromatic N) is 4. The van der Waals surface area contributed by atoms with Crippen LogP contribution in [0.1, 0.15) is 135 Å². The lowest BCUT2D eigenvalue weighted by Crippen LogP contribution is -2.61. The lowest BCUT2D eigenvalue weighted by molar-refractivity contribution is 0.444. The number of nitriles is 2. The second kappa shape index (κ2) is 22.2. The van der Waals surface area contributed by atoms with Crippen molar-refractivity contribution < 1.29 is 27.4 Å². The second-order valence-electron chi connectivity index (χ2n) is 24.7. The Balaban J connectivity index is 1.28. The number of benzene rings is 11. The van der Waals surface area contributed by atoms with E-state index in [-0.39, 0.29) is 61.8 Å². The van der Waals surface area contributed by atoms with E-state index in [2.05, 4.69) is 12.1 Å². The van der Waals surface area contributed by atoms with E-state index in [1.165, 1.54) is 0 Å². The molecule has 1 aliphatic carbocycles. The van der Waals surface area contributed by atoms with E-state index in [4.69, 9.17) is 5.48 Å². The topological polar surface area (TPSA) is 54.1 Å². The average molecular weight is 1140 g/mol. The summed E-state index contributed by atoms with van der Waals surface area (Å²) in [5, 5.41) is 20.9. The van der Waals surface area contributed by atoms with Crippen molar-refractivity contribution in [3.63, 3.8) is 0 Å². The minimum absolute atomic E-state index is 0.0105. The quantitative estimate of drug-likeness (QED) is 0.135. The highest BCUT2D eigenvalue weighted by Gasteiger charge is 2.46. The molecule has 1 fully saturated rings. The molecule has 4 nitrogen and oxygen atoms in total. The molecule has 14 rings (SSSR count). The van der Waals surface area contributed by atoms with Gasteiger partial charge in [0.05, 0.1) is 62.1 Å². The molecule has 0 amide bonds. The largest absolute Gasteiger partial charge is 0.310 e. The highest BCUT2D eigenvalue weighted by atomic mass is 15.2. The van der Waals surface area contributed by atoms with E-state index in [1.54, 1.807) is 60.7 Å². The lowest BCUT2D eigenvalue weighted by Gasteiger charge is -2.46. The molecular formula is C82H69BN4. The Morgan fingerprint density at radius 3 is 1.10 bits per heavy atom. The van der Waals surface area contributed by atoms with E-state index >= 15 is 0 Å². The number of hydrogen-bond donors (Lipinski definition) is 0. The molecule has 0 radical (unpaired) electrons. The van der Waals surface area contributed by atoms with Crippen LogP contribution in [0, 0.1) is 22.7 Å². The summed E-state index contributed by atoms with van der Waals surface area (Å²) < 4.78 is 190. The Morgan fingerprint density at radius 2 is 0.759 bits per heavy atom. The summed E-state index contributed by atoms with van der Waals surface area (Å²) >= 11 is 0. The Labute approximate surface area is 542 Å². The third-order valence-corrected chi connectivity index (χ3v) is 17.3. The van der Waals surface area contributed by atoms with Gasteiger partial charge in [0.1, 0.15) is 0 Å². The molecule has 0 aromatic heterocycles. The number of hydrogen-bond acceptors (Lipinski definition) is 4. The normalized spacial score (nSPS) is 16.9. The molecule has 3 aliphatic rings. The van der Waals surface area contributed by atoms with Gasteiger partial charge in [-0.3, -0.25) is 0 Å². The SMILES string of the molecule is [2H]c1c([2H])c([2H])c(-c2cc(C(C)(C)C)cc(-c3c([2H])c([2H])c([2H])c([2H])c3[2H])c2N2c3cc(-c4cccc(C#N)c4)ccc3B3c4ccc(-c5cccc(C#N)c5)cc4N(c4c(-c5c([2H])c([2H])c([2H])c([2H])c5[2H])cc(C(C)(C)C)cc4-c4c([2H])c([2H])c([2H])c([2H])c4[2H])c4cc(C5CCCCC5)cc2c43)c([2H])c1[2H]. The molecule has 2 aliphatic heterocycles. The van der Waals surface area contributed by atoms with Crippen LogP contribution in [-0.4, -0.2) is 6.71 Å². The zero-order chi connectivity index (χ0) is 77.0. The smallest absolute Gasteiger partial charge is 0.252 e. The van der Waals surface area contributed by atoms with Crippen LogP contribution >= 0.6 is 0 Å². The zero-order valence-corrected chi connectivity index (χ0v) is 49.0. The molecule has 11 aromatic rings. The third kappa shape index (κ3) is 10.0. The van der Waals surface area contributed by atoms with Gasteiger partial charge in [-0.1, -0.05) is 230 Å². The molecule has 1 saturated carbocycles. The summed E-state index contributed by atoms with van der Waals surface area (Å²) in [6.07, 6.45) is 3.84. The van der Waals surface area contributed by atoms with E-state index in [0.29, 0.717) is 96.5 Å². The van der Waals surface area contributed by atoms with Crippen molar-refractivity contribution >= 4 is 57.2 Å². The average Bonchev–Trinajstić information content (AvgIpc) is 0.683. The van der Waals surface area contributed by atoms with Crippen molar-refractivity contribution in [2.24, 2.45) is 0 Å². The molecule has 2 heterocycles. The number of fused-ring (bicyclic) bond motifs is 4. The molecule has 0 saturated heterocycles. The predicted octanol–water partition coefficient (Wildman–Crippen LogP) is 20.2. The van der Waals surface area contributed by atoms with E-state index in [9.17, 15) is 32.5 Å². The van der Waals surface area contributed by atoms with Crippen molar-refractivity contribution in [1.29, 1.82) is 10.5 Å². The Bertz CT molecular complexity index is 5170. The maximum atomic E-state index is 10.4. The Hall–Kier alpha value is -9.94. The van der Waals surface area contributed by atoms with Crippen molar-refractivity contribution in [2.45, 2.75) is 90.4 Å². The van der Waals surface area contributed by atoms with Crippen molar-refractivity contribution in [3.05, 3.63) is 270 Å². The molecule has 0 N–H and O–H groups in total. The van der Waals surface area contributed by atoms with Gasteiger partial charge in [-0.05, 0) is 180 Å². The van der Waals surface area contributed by atoms with Crippen molar-refractivity contribution in [1.82, 2.24) is 0 Å². The van der Waals surface area contributed by atoms with E-state index in [1.807, 2.05) is 112 Å². The minimum atomic E-state index is -0.901. The van der Waals surface area contributed by atoms with Crippen LogP contribution in [0.3, 0.4) is 0 Å². The number of anilines is 6. The van der Waals surface area contributed by atoms with Gasteiger partial charge in [-0.25, -0.2) is 0 Å². The fourth-order valence-electron chi connectivity index (χ4n) is 13.0. The fourth-order valence-corrected chi connectivity index (χ4v) is 13.0. The first-order valence-corrected chi connectivity index (χ1v) is 29.3. The van der Waals surface area contributed by atoms with Gasteiger partial charge in [-0.2, -0.15) is 10.5 Å². The first kappa shape index (κ1) is 36.8. The van der Waals surface area contributed by atoms with Gasteiger partial charge < -0.3 is 9.80 Å². The molecular weight excluding hydrogens is 1050 g/mol. The Morgan fingerprint density at radius 1 is 0.402 bits per heavy atom. The van der Waals surface area contributed by atoms with E-state index < -0.39 is 138 Å². The maximum absolute atomic E-state index is 10.4. The fraction of sp³-hybridized carbons (Fsp3) is 0.171. The lowest BCUT2D eigenvalue weighted by atomic mass is 9.33. The third-order valence-electron chi connectivity index (χ3n) is 17.3. The molecule has 0 bridgehead atoms. The summed E-state index contributed by atoms with van der Waals surface area (Å²) in [5.41, 5.74) is 5.12. The molecule has 5 heteroatoms. The van der Waals surface area contributed by atoms with Crippen LogP contribution in [0.5, 0.6) is 0 Å². The Kier molecular flexibility index (Phi) is 9.38. The van der Waals surface area contributed by atoms with Gasteiger partial charge >= 0.3 is 0 Å². The highest BCUT2D eigenvalue weighted by Crippen LogP contribution is 2.55. The number of rotatable bonds is 9. The summed E-state index contributed by atoms with van der Waals surface area (Å²) in [6.45, 7) is 10.5. The van der Waals surface area contributed by atoms with E-state index in [0.717, 1.165) is 24.8 Å². The summed E-state index contributed by atoms with van der Waals surface area (Å²) in [7, 11) is 0. The van der Waals surface area contributed by atoms with Crippen molar-refractivity contribution in [3.8, 4) is 78.9 Å². The molecule has 420 valence electrons. The van der Waals surface area contributed by atoms with Crippen molar-refractivity contribution in [2.75, 3.05) is 9.80 Å². The van der Waals surface area contributed by atoms with Gasteiger partial charge in [-0.15, -0.1) is 0 Å². The molecule has 0 spiro atoms. The maximum Gasteiger partial charge on any atom is 0.252 e. The van der Waals surface area contributed by atoms with Gasteiger partial charge in [0.15, 0.2) is 0 Å². The minimum Gasteiger partial charge on any atom is -0.310 e. The summed E-state index contributed by atoms with van der Waals surface area (Å²) in [5.74, 6) is -0.232. The molecule has 11 aromatic carbocycles. The van der Waals surface area contributed by atoms with Crippen LogP contribution in [0.25, 0.3) is 66.8 Å². The van der Waals surface area contributed by atoms with Crippen LogP contribution in [0.4, 0.5) is 34.1 Å². The van der Waals surface area contributed by atoms with Gasteiger partial charge in [0.2, 0.25) is 0 Å². The van der Waals surface area contributed by atoms with Gasteiger partial charge in [0.25, 0.3) is 6.71 Å². The second-order valence-corrected chi connectivity index (χ2v) is 24.7. The predicted molar refractivity (Wildman–Crippen MR) is 366 cm³/mol. The monoisotopic (exact) mass is 1140 g/mol. The molecule has 87 heavy (non-hydrogen) atoms. The van der Waals surface area contributed by atoms with Crippen LogP contribution in [-0.2, 0) is 10.8 Å². The van der Waals surface area contributed by atoms with Crippen LogP contribution in [0.2, 0.25) is 0 Å². The summed E-state index contributed by atoms with van der Waals surface area (Å²) in [6, 6.07) is 28.0. The standard InChI is InChI=1S/C82H69BN4/c1-81(2,3)66-48-68(57-28-14-8-15-29-57)79(69(49-66)58-30-16-9-17-31-58)86-74-44-63(61-36-22-24-54(42-61)52-84)38-40-72(74)83-73-41-39-64(62-37-23-25-55(43-62)53-85)45-75(73)87(77-47-65(46-76(86)78(77)83)56-26-12-7-13-27-56)80-70(59-32-18-10-19-33-59)50-67(82(4,5)6)51-71(80)60-34-20-11-21-35-60/h8-11,14-25,28-51,56H,7,12-13,26-27H2,1-6H3/i8D,9D,10D,11D,14D,15D,16D,17D,18D,19D,20D,21D,28D,29D,30D,31D,32D,33D,34D,35D. The molecule has 0 unspecified atom stereocenters. The van der Waals surface area contributed by atoms with Gasteiger partial charge in [0, 0.05) is 45.0 Å². The zero-order valence-electron chi connectivity index (χ0n) is 69.0. The first-order chi connectivity index (χ1) is 50.6. The summed E-state index contributed by atoms with van der Waals surface area (Å²) in [4.78, 5) is 3.77. The molecule has 0 atom stereocenters. The highest BCUT2D eigenvalue weighted by molar-refractivity contribution is 7.00. The van der Waals surface area contributed by atoms with Crippen LogP contribution < -0.4 is 26.2 Å².